The van der Waals surface area contributed by atoms with Crippen molar-refractivity contribution in [3.63, 3.8) is 0 Å². The molecule has 0 atom stereocenters. The van der Waals surface area contributed by atoms with Gasteiger partial charge in [-0.15, -0.1) is 0 Å². The molecule has 0 amide bonds. The summed E-state index contributed by atoms with van der Waals surface area (Å²) < 4.78 is 0. The van der Waals surface area contributed by atoms with Crippen LogP contribution in [0.25, 0.3) is 5.69 Å². The Morgan fingerprint density at radius 2 is 1.81 bits per heavy atom. The van der Waals surface area contributed by atoms with E-state index in [1.54, 1.807) is 6.20 Å². The predicted molar refractivity (Wildman–Crippen MR) is 65.5 cm³/mol. The van der Waals surface area contributed by atoms with E-state index in [-0.39, 0.29) is 0 Å². The van der Waals surface area contributed by atoms with Crippen molar-refractivity contribution >= 4 is 13.4 Å². The Labute approximate surface area is 95.7 Å². The van der Waals surface area contributed by atoms with Crippen LogP contribution < -0.4 is 10.2 Å². The first-order chi connectivity index (χ1) is 7.50. The van der Waals surface area contributed by atoms with Crippen molar-refractivity contribution in [1.29, 1.82) is 0 Å². The molecule has 84 valence electrons. The first-order valence-corrected chi connectivity index (χ1v) is 8.74. The van der Waals surface area contributed by atoms with E-state index < -0.39 is 8.07 Å². The maximum Gasteiger partial charge on any atom is 0.205 e. The lowest BCUT2D eigenvalue weighted by Gasteiger charge is -2.14. The molecule has 0 aliphatic rings. The maximum atomic E-state index is 12.1. The maximum absolute atomic E-state index is 12.1. The molecule has 16 heavy (non-hydrogen) atoms. The van der Waals surface area contributed by atoms with Crippen LogP contribution in [0.4, 0.5) is 0 Å². The number of para-hydroxylation sites is 1. The number of hydrogen-bond acceptors (Lipinski definition) is 2. The van der Waals surface area contributed by atoms with Gasteiger partial charge in [-0.1, -0.05) is 37.8 Å². The highest BCUT2D eigenvalue weighted by molar-refractivity contribution is 6.87. The van der Waals surface area contributed by atoms with Crippen molar-refractivity contribution in [2.75, 3.05) is 0 Å². The Kier molecular flexibility index (Phi) is 2.55. The summed E-state index contributed by atoms with van der Waals surface area (Å²) in [5.74, 6) is 0. The molecule has 0 saturated heterocycles. The molecular formula is C11H15N3OSi. The fourth-order valence-electron chi connectivity index (χ4n) is 1.52. The lowest BCUT2D eigenvalue weighted by Crippen LogP contribution is -2.59. The van der Waals surface area contributed by atoms with Gasteiger partial charge in [0.2, 0.25) is 6.20 Å². The van der Waals surface area contributed by atoms with E-state index in [0.717, 1.165) is 15.8 Å². The largest absolute Gasteiger partial charge is 0.693 e. The van der Waals surface area contributed by atoms with Crippen molar-refractivity contribution in [3.05, 3.63) is 41.7 Å². The molecule has 2 aromatic rings. The summed E-state index contributed by atoms with van der Waals surface area (Å²) in [5.41, 5.74) is 0.794. The molecule has 0 aliphatic carbocycles. The molecule has 5 heteroatoms. The Morgan fingerprint density at radius 3 is 2.31 bits per heavy atom. The van der Waals surface area contributed by atoms with Crippen molar-refractivity contribution in [3.8, 4) is 5.69 Å². The van der Waals surface area contributed by atoms with Crippen LogP contribution >= 0.6 is 0 Å². The van der Waals surface area contributed by atoms with E-state index in [1.807, 2.05) is 30.3 Å². The van der Waals surface area contributed by atoms with Crippen LogP contribution in [0.2, 0.25) is 19.6 Å². The van der Waals surface area contributed by atoms with Gasteiger partial charge in [0.05, 0.1) is 0 Å². The molecular weight excluding hydrogens is 218 g/mol. The number of nitrogens with zero attached hydrogens (tertiary/aromatic N) is 3. The van der Waals surface area contributed by atoms with Gasteiger partial charge in [0.15, 0.2) is 5.32 Å². The zero-order valence-corrected chi connectivity index (χ0v) is 10.7. The van der Waals surface area contributed by atoms with E-state index in [9.17, 15) is 5.21 Å². The molecule has 0 radical (unpaired) electrons. The molecule has 0 saturated carbocycles. The number of aromatic nitrogens is 3. The fourth-order valence-corrected chi connectivity index (χ4v) is 2.63. The lowest BCUT2D eigenvalue weighted by atomic mass is 10.3. The zero-order chi connectivity index (χ0) is 11.8. The minimum Gasteiger partial charge on any atom is -0.693 e. The van der Waals surface area contributed by atoms with Crippen molar-refractivity contribution < 1.29 is 4.85 Å². The quantitative estimate of drug-likeness (QED) is 0.442. The summed E-state index contributed by atoms with van der Waals surface area (Å²) in [5, 5.41) is 17.0. The Morgan fingerprint density at radius 1 is 1.19 bits per heavy atom. The third-order valence-electron chi connectivity index (χ3n) is 2.42. The number of rotatable bonds is 2. The van der Waals surface area contributed by atoms with Gasteiger partial charge in [-0.3, -0.25) is 0 Å². The topological polar surface area (TPSA) is 44.8 Å². The van der Waals surface area contributed by atoms with Gasteiger partial charge in [-0.2, -0.15) is 4.85 Å². The Hall–Kier alpha value is -1.62. The molecule has 0 N–H and O–H groups in total. The van der Waals surface area contributed by atoms with Gasteiger partial charge >= 0.3 is 0 Å². The molecule has 4 nitrogen and oxygen atoms in total. The summed E-state index contributed by atoms with van der Waals surface area (Å²) in [7, 11) is -1.62. The average Bonchev–Trinajstić information content (AvgIpc) is 2.61. The smallest absolute Gasteiger partial charge is 0.205 e. The van der Waals surface area contributed by atoms with Gasteiger partial charge < -0.3 is 5.21 Å². The number of hydrogen-bond donors (Lipinski definition) is 0. The Balaban J connectivity index is 2.50. The van der Waals surface area contributed by atoms with Crippen molar-refractivity contribution in [2.45, 2.75) is 19.6 Å². The van der Waals surface area contributed by atoms with Crippen LogP contribution in [-0.4, -0.2) is 18.0 Å². The fraction of sp³-hybridized carbons (Fsp3) is 0.273. The second-order valence-electron chi connectivity index (χ2n) is 4.78. The Bertz CT molecular complexity index is 488. The van der Waals surface area contributed by atoms with E-state index in [1.165, 1.54) is 4.80 Å². The third-order valence-corrected chi connectivity index (χ3v) is 4.28. The van der Waals surface area contributed by atoms with E-state index in [0.29, 0.717) is 0 Å². The molecule has 2 rings (SSSR count). The first kappa shape index (κ1) is 10.9. The minimum atomic E-state index is -1.62. The first-order valence-electron chi connectivity index (χ1n) is 5.24. The monoisotopic (exact) mass is 233 g/mol. The highest BCUT2D eigenvalue weighted by Crippen LogP contribution is 2.03. The van der Waals surface area contributed by atoms with Gasteiger partial charge in [0, 0.05) is 5.10 Å². The van der Waals surface area contributed by atoms with E-state index in [2.05, 4.69) is 24.7 Å². The molecule has 1 heterocycles. The average molecular weight is 233 g/mol. The highest BCUT2D eigenvalue weighted by atomic mass is 28.3. The standard InChI is InChI=1S/C11H15N3OSi/c1-16(2,3)11-9-12-13(14(11)15)10-7-5-4-6-8-10/h4-9H,1-3H3. The molecule has 0 unspecified atom stereocenters. The van der Waals surface area contributed by atoms with Gasteiger partial charge in [-0.05, 0) is 16.9 Å². The third kappa shape index (κ3) is 1.86. The van der Waals surface area contributed by atoms with E-state index in [4.69, 9.17) is 0 Å². The summed E-state index contributed by atoms with van der Waals surface area (Å²) in [6.45, 7) is 6.40. The summed E-state index contributed by atoms with van der Waals surface area (Å²) in [4.78, 5) is 2.30. The minimum absolute atomic E-state index is 0.794. The summed E-state index contributed by atoms with van der Waals surface area (Å²) in [6, 6.07) is 9.45. The molecule has 0 fully saturated rings. The van der Waals surface area contributed by atoms with Gasteiger partial charge in [-0.25, -0.2) is 0 Å². The predicted octanol–water partition coefficient (Wildman–Crippen LogP) is 1.05. The second-order valence-corrected chi connectivity index (χ2v) is 9.79. The van der Waals surface area contributed by atoms with Crippen molar-refractivity contribution in [1.82, 2.24) is 9.90 Å². The molecule has 1 aromatic carbocycles. The highest BCUT2D eigenvalue weighted by Gasteiger charge is 2.27. The molecule has 0 aliphatic heterocycles. The van der Waals surface area contributed by atoms with E-state index >= 15 is 0 Å². The van der Waals surface area contributed by atoms with Crippen LogP contribution in [0.3, 0.4) is 0 Å². The van der Waals surface area contributed by atoms with Crippen LogP contribution in [-0.2, 0) is 0 Å². The SMILES string of the molecule is C[Si](C)(C)c1cnn(-c2ccccc2)[n+]1[O-]. The van der Waals surface area contributed by atoms with Crippen LogP contribution in [0, 0.1) is 5.21 Å². The molecule has 1 aromatic heterocycles. The normalized spacial score (nSPS) is 11.7. The van der Waals surface area contributed by atoms with Crippen LogP contribution in [0.15, 0.2) is 36.5 Å². The summed E-state index contributed by atoms with van der Waals surface area (Å²) in [6.07, 6.45) is 1.69. The number of benzene rings is 1. The molecule has 0 spiro atoms. The van der Waals surface area contributed by atoms with Gasteiger partial charge in [0.25, 0.3) is 0 Å². The van der Waals surface area contributed by atoms with Crippen LogP contribution in [0.1, 0.15) is 0 Å². The zero-order valence-electron chi connectivity index (χ0n) is 9.71. The second kappa shape index (κ2) is 3.75. The molecule has 0 bridgehead atoms. The lowest BCUT2D eigenvalue weighted by molar-refractivity contribution is -0.672. The van der Waals surface area contributed by atoms with Crippen molar-refractivity contribution in [2.24, 2.45) is 0 Å². The van der Waals surface area contributed by atoms with Crippen LogP contribution in [0.5, 0.6) is 0 Å². The van der Waals surface area contributed by atoms with Gasteiger partial charge in [0.1, 0.15) is 13.8 Å². The summed E-state index contributed by atoms with van der Waals surface area (Å²) >= 11 is 0.